The lowest BCUT2D eigenvalue weighted by Gasteiger charge is -2.13. The molecule has 1 unspecified atom stereocenters. The van der Waals surface area contributed by atoms with E-state index in [0.29, 0.717) is 0 Å². The number of benzene rings is 1. The number of carbonyl (C=O) groups is 1. The molecule has 7 heteroatoms. The Balaban J connectivity index is 2.65. The van der Waals surface area contributed by atoms with Crippen molar-refractivity contribution in [2.24, 2.45) is 5.92 Å². The third kappa shape index (κ3) is 5.40. The maximum absolute atomic E-state index is 13.0. The number of hydrogen-bond acceptors (Lipinski definition) is 3. The quantitative estimate of drug-likeness (QED) is 0.749. The van der Waals surface area contributed by atoms with Gasteiger partial charge in [0, 0.05) is 6.54 Å². The van der Waals surface area contributed by atoms with Crippen molar-refractivity contribution in [1.29, 1.82) is 0 Å². The van der Waals surface area contributed by atoms with Gasteiger partial charge in [0.1, 0.15) is 5.82 Å². The van der Waals surface area contributed by atoms with E-state index < -0.39 is 21.8 Å². The molecular formula is C13H17FN2O3S. The third-order valence-electron chi connectivity index (χ3n) is 2.44. The molecule has 0 aliphatic carbocycles. The number of sulfonamides is 1. The number of halogens is 1. The number of hydrogen-bond donors (Lipinski definition) is 2. The Morgan fingerprint density at radius 3 is 2.80 bits per heavy atom. The second-order valence-electron chi connectivity index (χ2n) is 4.33. The van der Waals surface area contributed by atoms with E-state index in [2.05, 4.69) is 16.6 Å². The Labute approximate surface area is 117 Å². The summed E-state index contributed by atoms with van der Waals surface area (Å²) in [7, 11) is -3.72. The molecule has 0 spiro atoms. The van der Waals surface area contributed by atoms with Gasteiger partial charge in [-0.2, -0.15) is 0 Å². The second-order valence-corrected chi connectivity index (χ2v) is 6.10. The van der Waals surface area contributed by atoms with Crippen LogP contribution in [0.2, 0.25) is 0 Å². The molecule has 0 heterocycles. The minimum Gasteiger partial charge on any atom is -0.352 e. The topological polar surface area (TPSA) is 75.3 Å². The SMILES string of the molecule is C=CCNC(=O)C(C)CS(=O)(=O)Nc1cccc(F)c1. The smallest absolute Gasteiger partial charge is 0.233 e. The highest BCUT2D eigenvalue weighted by Crippen LogP contribution is 2.12. The fourth-order valence-corrected chi connectivity index (χ4v) is 2.90. The van der Waals surface area contributed by atoms with Crippen molar-refractivity contribution in [3.05, 3.63) is 42.7 Å². The maximum Gasteiger partial charge on any atom is 0.233 e. The highest BCUT2D eigenvalue weighted by molar-refractivity contribution is 7.92. The minimum absolute atomic E-state index is 0.128. The minimum atomic E-state index is -3.72. The molecule has 20 heavy (non-hydrogen) atoms. The summed E-state index contributed by atoms with van der Waals surface area (Å²) in [6.45, 7) is 5.23. The zero-order valence-electron chi connectivity index (χ0n) is 11.1. The van der Waals surface area contributed by atoms with Crippen LogP contribution in [0.4, 0.5) is 10.1 Å². The number of nitrogens with one attached hydrogen (secondary N) is 2. The summed E-state index contributed by atoms with van der Waals surface area (Å²) in [5, 5.41) is 2.52. The molecule has 0 saturated heterocycles. The predicted molar refractivity (Wildman–Crippen MR) is 76.2 cm³/mol. The Morgan fingerprint density at radius 1 is 1.50 bits per heavy atom. The molecule has 1 amide bonds. The van der Waals surface area contributed by atoms with Crippen LogP contribution in [0.1, 0.15) is 6.92 Å². The lowest BCUT2D eigenvalue weighted by atomic mass is 10.2. The van der Waals surface area contributed by atoms with Crippen molar-refractivity contribution >= 4 is 21.6 Å². The van der Waals surface area contributed by atoms with Crippen molar-refractivity contribution in [1.82, 2.24) is 5.32 Å². The molecule has 1 aromatic carbocycles. The van der Waals surface area contributed by atoms with Crippen LogP contribution in [0.5, 0.6) is 0 Å². The van der Waals surface area contributed by atoms with Crippen molar-refractivity contribution in [3.63, 3.8) is 0 Å². The molecule has 110 valence electrons. The van der Waals surface area contributed by atoms with Crippen molar-refractivity contribution < 1.29 is 17.6 Å². The van der Waals surface area contributed by atoms with Crippen LogP contribution < -0.4 is 10.0 Å². The van der Waals surface area contributed by atoms with Crippen molar-refractivity contribution in [3.8, 4) is 0 Å². The molecule has 0 saturated carbocycles. The Kier molecular flexibility index (Phi) is 5.69. The van der Waals surface area contributed by atoms with E-state index >= 15 is 0 Å². The van der Waals surface area contributed by atoms with Gasteiger partial charge in [-0.25, -0.2) is 12.8 Å². The Morgan fingerprint density at radius 2 is 2.20 bits per heavy atom. The number of anilines is 1. The lowest BCUT2D eigenvalue weighted by molar-refractivity contribution is -0.123. The van der Waals surface area contributed by atoms with E-state index in [0.717, 1.165) is 6.07 Å². The standard InChI is InChI=1S/C13H17FN2O3S/c1-3-7-15-13(17)10(2)9-20(18,19)16-12-6-4-5-11(14)8-12/h3-6,8,10,16H,1,7,9H2,2H3,(H,15,17). The molecule has 5 nitrogen and oxygen atoms in total. The fraction of sp³-hybridized carbons (Fsp3) is 0.308. The third-order valence-corrected chi connectivity index (χ3v) is 3.92. The average molecular weight is 300 g/mol. The van der Waals surface area contributed by atoms with Crippen molar-refractivity contribution in [2.75, 3.05) is 17.0 Å². The highest BCUT2D eigenvalue weighted by atomic mass is 32.2. The van der Waals surface area contributed by atoms with Crippen LogP contribution in [0.15, 0.2) is 36.9 Å². The first kappa shape index (κ1) is 16.2. The second kappa shape index (κ2) is 7.04. The molecule has 0 radical (unpaired) electrons. The van der Waals surface area contributed by atoms with Crippen LogP contribution >= 0.6 is 0 Å². The zero-order chi connectivity index (χ0) is 15.2. The highest BCUT2D eigenvalue weighted by Gasteiger charge is 2.21. The summed E-state index contributed by atoms with van der Waals surface area (Å²) < 4.78 is 38.9. The van der Waals surface area contributed by atoms with Gasteiger partial charge in [0.25, 0.3) is 0 Å². The molecular weight excluding hydrogens is 283 g/mol. The van der Waals surface area contributed by atoms with Gasteiger partial charge in [0.15, 0.2) is 0 Å². The van der Waals surface area contributed by atoms with E-state index in [9.17, 15) is 17.6 Å². The van der Waals surface area contributed by atoms with E-state index in [1.165, 1.54) is 31.2 Å². The number of carbonyl (C=O) groups excluding carboxylic acids is 1. The molecule has 1 aromatic rings. The summed E-state index contributed by atoms with van der Waals surface area (Å²) in [4.78, 5) is 11.6. The maximum atomic E-state index is 13.0. The summed E-state index contributed by atoms with van der Waals surface area (Å²) in [5.74, 6) is -2.02. The average Bonchev–Trinajstić information content (AvgIpc) is 2.34. The summed E-state index contributed by atoms with van der Waals surface area (Å²) in [6.07, 6.45) is 1.50. The van der Waals surface area contributed by atoms with Gasteiger partial charge in [0.05, 0.1) is 17.4 Å². The molecule has 1 atom stereocenters. The van der Waals surface area contributed by atoms with Gasteiger partial charge in [0.2, 0.25) is 15.9 Å². The summed E-state index contributed by atoms with van der Waals surface area (Å²) >= 11 is 0. The lowest BCUT2D eigenvalue weighted by Crippen LogP contribution is -2.34. The van der Waals surface area contributed by atoms with E-state index in [-0.39, 0.29) is 23.9 Å². The normalized spacial score (nSPS) is 12.5. The van der Waals surface area contributed by atoms with E-state index in [1.807, 2.05) is 0 Å². The molecule has 0 aromatic heterocycles. The van der Waals surface area contributed by atoms with E-state index in [1.54, 1.807) is 0 Å². The Bertz CT molecular complexity index is 587. The van der Waals surface area contributed by atoms with Gasteiger partial charge < -0.3 is 5.32 Å². The molecule has 2 N–H and O–H groups in total. The number of rotatable bonds is 7. The summed E-state index contributed by atoms with van der Waals surface area (Å²) in [6, 6.07) is 5.11. The Hall–Kier alpha value is -1.89. The first-order valence-corrected chi connectivity index (χ1v) is 7.64. The van der Waals surface area contributed by atoms with Crippen LogP contribution in [0, 0.1) is 11.7 Å². The number of amides is 1. The van der Waals surface area contributed by atoms with Crippen LogP contribution in [-0.4, -0.2) is 26.6 Å². The van der Waals surface area contributed by atoms with Crippen molar-refractivity contribution in [2.45, 2.75) is 6.92 Å². The predicted octanol–water partition coefficient (Wildman–Crippen LogP) is 1.51. The fourth-order valence-electron chi connectivity index (χ4n) is 1.52. The molecule has 0 fully saturated rings. The summed E-state index contributed by atoms with van der Waals surface area (Å²) in [5.41, 5.74) is 0.128. The first-order chi connectivity index (χ1) is 9.34. The monoisotopic (exact) mass is 300 g/mol. The molecule has 1 rings (SSSR count). The van der Waals surface area contributed by atoms with Crippen LogP contribution in [-0.2, 0) is 14.8 Å². The van der Waals surface area contributed by atoms with Crippen LogP contribution in [0.3, 0.4) is 0 Å². The molecule has 0 aliphatic rings. The van der Waals surface area contributed by atoms with Crippen LogP contribution in [0.25, 0.3) is 0 Å². The van der Waals surface area contributed by atoms with Gasteiger partial charge in [-0.05, 0) is 18.2 Å². The molecule has 0 aliphatic heterocycles. The molecule has 0 bridgehead atoms. The van der Waals surface area contributed by atoms with Gasteiger partial charge >= 0.3 is 0 Å². The van der Waals surface area contributed by atoms with Gasteiger partial charge in [-0.3, -0.25) is 9.52 Å². The largest absolute Gasteiger partial charge is 0.352 e. The zero-order valence-corrected chi connectivity index (χ0v) is 11.9. The first-order valence-electron chi connectivity index (χ1n) is 5.98. The van der Waals surface area contributed by atoms with Gasteiger partial charge in [-0.1, -0.05) is 19.1 Å². The van der Waals surface area contributed by atoms with E-state index in [4.69, 9.17) is 0 Å². The van der Waals surface area contributed by atoms with Gasteiger partial charge in [-0.15, -0.1) is 6.58 Å².